The zero-order chi connectivity index (χ0) is 21.5. The number of piperazine rings is 1. The lowest BCUT2D eigenvalue weighted by Crippen LogP contribution is -2.57. The van der Waals surface area contributed by atoms with E-state index < -0.39 is 17.9 Å². The predicted molar refractivity (Wildman–Crippen MR) is 113 cm³/mol. The number of nitrogens with one attached hydrogen (secondary N) is 1. The van der Waals surface area contributed by atoms with E-state index in [1.807, 2.05) is 44.2 Å². The van der Waals surface area contributed by atoms with Gasteiger partial charge in [0.05, 0.1) is 12.2 Å². The van der Waals surface area contributed by atoms with E-state index >= 15 is 0 Å². The van der Waals surface area contributed by atoms with E-state index in [2.05, 4.69) is 10.3 Å². The van der Waals surface area contributed by atoms with Crippen LogP contribution in [0.25, 0.3) is 0 Å². The summed E-state index contributed by atoms with van der Waals surface area (Å²) >= 11 is 0. The van der Waals surface area contributed by atoms with E-state index in [0.717, 1.165) is 24.1 Å². The first-order chi connectivity index (χ1) is 14.5. The van der Waals surface area contributed by atoms with Gasteiger partial charge in [-0.2, -0.15) is 0 Å². The van der Waals surface area contributed by atoms with Crippen molar-refractivity contribution in [1.29, 1.82) is 0 Å². The van der Waals surface area contributed by atoms with Crippen molar-refractivity contribution < 1.29 is 14.4 Å². The smallest absolute Gasteiger partial charge is 0.313 e. The largest absolute Gasteiger partial charge is 0.348 e. The summed E-state index contributed by atoms with van der Waals surface area (Å²) in [7, 11) is 0. The number of carbonyl (C=O) groups excluding carboxylic acids is 3. The second-order valence-corrected chi connectivity index (χ2v) is 7.44. The van der Waals surface area contributed by atoms with Gasteiger partial charge in [0.2, 0.25) is 5.91 Å². The molecule has 0 bridgehead atoms. The standard InChI is InChI=1S/C23H28N4O3/c1-3-4-13-26-14-15-27(23(30)22(26)29)20(18-10-6-5-7-11-18)21(28)25-16-19-17(2)9-8-12-24-19/h5-12,20H,3-4,13-16H2,1-2H3,(H,25,28)/t20-/m0/s1. The van der Waals surface area contributed by atoms with Crippen LogP contribution in [0.1, 0.15) is 42.6 Å². The number of hydrogen-bond acceptors (Lipinski definition) is 4. The average molecular weight is 409 g/mol. The van der Waals surface area contributed by atoms with Crippen LogP contribution >= 0.6 is 0 Å². The third-order valence-corrected chi connectivity index (χ3v) is 5.35. The number of hydrogen-bond donors (Lipinski definition) is 1. The Hall–Kier alpha value is -3.22. The molecular formula is C23H28N4O3. The summed E-state index contributed by atoms with van der Waals surface area (Å²) in [6, 6.07) is 12.0. The quantitative estimate of drug-likeness (QED) is 0.679. The topological polar surface area (TPSA) is 82.6 Å². The molecule has 1 aromatic carbocycles. The monoisotopic (exact) mass is 408 g/mol. The van der Waals surface area contributed by atoms with Crippen LogP contribution < -0.4 is 5.32 Å². The van der Waals surface area contributed by atoms with E-state index in [1.54, 1.807) is 23.2 Å². The highest BCUT2D eigenvalue weighted by Crippen LogP contribution is 2.24. The third-order valence-electron chi connectivity index (χ3n) is 5.35. The van der Waals surface area contributed by atoms with Gasteiger partial charge in [-0.3, -0.25) is 19.4 Å². The average Bonchev–Trinajstić information content (AvgIpc) is 2.76. The Morgan fingerprint density at radius 2 is 1.87 bits per heavy atom. The molecule has 7 heteroatoms. The summed E-state index contributed by atoms with van der Waals surface area (Å²) in [6.45, 7) is 5.55. The SMILES string of the molecule is CCCCN1CCN([C@H](C(=O)NCc2ncccc2C)c2ccccc2)C(=O)C1=O. The van der Waals surface area contributed by atoms with Gasteiger partial charge in [-0.15, -0.1) is 0 Å². The van der Waals surface area contributed by atoms with E-state index in [1.165, 1.54) is 4.90 Å². The molecule has 0 spiro atoms. The van der Waals surface area contributed by atoms with Crippen LogP contribution in [-0.4, -0.2) is 52.1 Å². The lowest BCUT2D eigenvalue weighted by Gasteiger charge is -2.38. The molecule has 1 saturated heterocycles. The van der Waals surface area contributed by atoms with Crippen LogP contribution in [0.3, 0.4) is 0 Å². The fourth-order valence-electron chi connectivity index (χ4n) is 3.58. The van der Waals surface area contributed by atoms with Crippen LogP contribution in [0.5, 0.6) is 0 Å². The molecular weight excluding hydrogens is 380 g/mol. The van der Waals surface area contributed by atoms with Gasteiger partial charge in [-0.25, -0.2) is 0 Å². The van der Waals surface area contributed by atoms with Gasteiger partial charge in [0.25, 0.3) is 0 Å². The van der Waals surface area contributed by atoms with Crippen LogP contribution in [0.4, 0.5) is 0 Å². The molecule has 1 N–H and O–H groups in total. The summed E-state index contributed by atoms with van der Waals surface area (Å²) < 4.78 is 0. The Labute approximate surface area is 177 Å². The second kappa shape index (κ2) is 10.0. The second-order valence-electron chi connectivity index (χ2n) is 7.44. The first-order valence-electron chi connectivity index (χ1n) is 10.4. The molecule has 0 unspecified atom stereocenters. The molecule has 1 aliphatic heterocycles. The molecule has 1 aliphatic rings. The molecule has 0 radical (unpaired) electrons. The normalized spacial score (nSPS) is 15.3. The van der Waals surface area contributed by atoms with E-state index in [4.69, 9.17) is 0 Å². The molecule has 1 fully saturated rings. The van der Waals surface area contributed by atoms with Gasteiger partial charge >= 0.3 is 11.8 Å². The highest BCUT2D eigenvalue weighted by molar-refractivity contribution is 6.35. The molecule has 0 aliphatic carbocycles. The van der Waals surface area contributed by atoms with Crippen LogP contribution in [0.2, 0.25) is 0 Å². The summed E-state index contributed by atoms with van der Waals surface area (Å²) in [4.78, 5) is 46.0. The zero-order valence-electron chi connectivity index (χ0n) is 17.5. The van der Waals surface area contributed by atoms with Crippen molar-refractivity contribution in [2.45, 2.75) is 39.3 Å². The summed E-state index contributed by atoms with van der Waals surface area (Å²) in [5.74, 6) is -1.49. The lowest BCUT2D eigenvalue weighted by atomic mass is 10.0. The maximum absolute atomic E-state index is 13.2. The summed E-state index contributed by atoms with van der Waals surface area (Å²) in [5, 5.41) is 2.90. The summed E-state index contributed by atoms with van der Waals surface area (Å²) in [6.07, 6.45) is 3.48. The van der Waals surface area contributed by atoms with Crippen LogP contribution in [0, 0.1) is 6.92 Å². The number of rotatable bonds is 8. The minimum Gasteiger partial charge on any atom is -0.348 e. The number of carbonyl (C=O) groups is 3. The van der Waals surface area contributed by atoms with Gasteiger partial charge in [0.15, 0.2) is 0 Å². The van der Waals surface area contributed by atoms with E-state index in [0.29, 0.717) is 25.2 Å². The highest BCUT2D eigenvalue weighted by atomic mass is 16.2. The fourth-order valence-corrected chi connectivity index (χ4v) is 3.58. The van der Waals surface area contributed by atoms with Gasteiger partial charge in [0.1, 0.15) is 6.04 Å². The fraction of sp³-hybridized carbons (Fsp3) is 0.391. The van der Waals surface area contributed by atoms with Crippen molar-refractivity contribution in [2.75, 3.05) is 19.6 Å². The Morgan fingerprint density at radius 1 is 1.10 bits per heavy atom. The zero-order valence-corrected chi connectivity index (χ0v) is 17.5. The van der Waals surface area contributed by atoms with E-state index in [9.17, 15) is 14.4 Å². The van der Waals surface area contributed by atoms with Crippen LogP contribution in [0.15, 0.2) is 48.7 Å². The van der Waals surface area contributed by atoms with Crippen molar-refractivity contribution in [3.05, 3.63) is 65.5 Å². The number of benzene rings is 1. The number of pyridine rings is 1. The number of amides is 3. The van der Waals surface area contributed by atoms with Crippen molar-refractivity contribution in [1.82, 2.24) is 20.1 Å². The Morgan fingerprint density at radius 3 is 2.57 bits per heavy atom. The molecule has 1 aromatic heterocycles. The van der Waals surface area contributed by atoms with Gasteiger partial charge < -0.3 is 15.1 Å². The van der Waals surface area contributed by atoms with Gasteiger partial charge in [-0.1, -0.05) is 49.7 Å². The molecule has 30 heavy (non-hydrogen) atoms. The van der Waals surface area contributed by atoms with Gasteiger partial charge in [0, 0.05) is 25.8 Å². The van der Waals surface area contributed by atoms with Gasteiger partial charge in [-0.05, 0) is 30.5 Å². The molecule has 2 heterocycles. The van der Waals surface area contributed by atoms with Crippen molar-refractivity contribution >= 4 is 17.7 Å². The van der Waals surface area contributed by atoms with E-state index in [-0.39, 0.29) is 12.5 Å². The number of nitrogens with zero attached hydrogens (tertiary/aromatic N) is 3. The Kier molecular flexibility index (Phi) is 7.17. The molecule has 3 rings (SSSR count). The van der Waals surface area contributed by atoms with Crippen molar-refractivity contribution in [3.63, 3.8) is 0 Å². The Balaban J connectivity index is 1.80. The molecule has 0 saturated carbocycles. The third kappa shape index (κ3) is 4.84. The minimum absolute atomic E-state index is 0.257. The maximum Gasteiger partial charge on any atom is 0.313 e. The summed E-state index contributed by atoms with van der Waals surface area (Å²) in [5.41, 5.74) is 2.42. The minimum atomic E-state index is -0.861. The molecule has 3 amide bonds. The van der Waals surface area contributed by atoms with Crippen molar-refractivity contribution in [3.8, 4) is 0 Å². The Bertz CT molecular complexity index is 900. The number of unbranched alkanes of at least 4 members (excludes halogenated alkanes) is 1. The number of aromatic nitrogens is 1. The number of aryl methyl sites for hydroxylation is 1. The maximum atomic E-state index is 13.2. The highest BCUT2D eigenvalue weighted by Gasteiger charge is 2.39. The predicted octanol–water partition coefficient (Wildman–Crippen LogP) is 2.22. The van der Waals surface area contributed by atoms with Crippen molar-refractivity contribution in [2.24, 2.45) is 0 Å². The molecule has 158 valence electrons. The van der Waals surface area contributed by atoms with Crippen LogP contribution in [-0.2, 0) is 20.9 Å². The first-order valence-corrected chi connectivity index (χ1v) is 10.4. The molecule has 7 nitrogen and oxygen atoms in total. The lowest BCUT2D eigenvalue weighted by molar-refractivity contribution is -0.159. The first kappa shape index (κ1) is 21.5. The molecule has 2 aromatic rings. The molecule has 1 atom stereocenters.